The van der Waals surface area contributed by atoms with E-state index in [1.165, 1.54) is 18.4 Å². The van der Waals surface area contributed by atoms with Gasteiger partial charge in [0.2, 0.25) is 0 Å². The van der Waals surface area contributed by atoms with Crippen LogP contribution in [-0.2, 0) is 11.0 Å². The van der Waals surface area contributed by atoms with Gasteiger partial charge in [-0.3, -0.25) is 0 Å². The second-order valence-corrected chi connectivity index (χ2v) is 14.3. The summed E-state index contributed by atoms with van der Waals surface area (Å²) < 4.78 is 59.2. The lowest BCUT2D eigenvalue weighted by atomic mass is 10.0. The Bertz CT molecular complexity index is 1400. The summed E-state index contributed by atoms with van der Waals surface area (Å²) in [6, 6.07) is 11.1. The molecular weight excluding hydrogens is 530 g/mol. The zero-order valence-electron chi connectivity index (χ0n) is 22.0. The van der Waals surface area contributed by atoms with Gasteiger partial charge >= 0.3 is 6.18 Å². The Kier molecular flexibility index (Phi) is 8.66. The van der Waals surface area contributed by atoms with Crippen LogP contribution in [0.25, 0.3) is 10.1 Å². The number of hydrogen-bond donors (Lipinski definition) is 2. The number of ether oxygens (including phenoxy) is 1. The summed E-state index contributed by atoms with van der Waals surface area (Å²) in [7, 11) is 1.17. The molecule has 1 fully saturated rings. The molecule has 1 aromatic heterocycles. The molecule has 0 aliphatic carbocycles. The summed E-state index contributed by atoms with van der Waals surface area (Å²) in [4.78, 5) is 2.69. The van der Waals surface area contributed by atoms with E-state index in [0.717, 1.165) is 36.3 Å². The van der Waals surface area contributed by atoms with Crippen molar-refractivity contribution in [3.63, 3.8) is 0 Å². The van der Waals surface area contributed by atoms with Crippen LogP contribution >= 0.6 is 18.5 Å². The van der Waals surface area contributed by atoms with E-state index in [-0.39, 0.29) is 18.2 Å². The van der Waals surface area contributed by atoms with Crippen LogP contribution < -0.4 is 20.7 Å². The quantitative estimate of drug-likeness (QED) is 0.264. The number of halogens is 3. The largest absolute Gasteiger partial charge is 0.495 e. The van der Waals surface area contributed by atoms with E-state index >= 15 is 0 Å². The first kappa shape index (κ1) is 28.4. The zero-order chi connectivity index (χ0) is 27.5. The van der Waals surface area contributed by atoms with Gasteiger partial charge in [0.1, 0.15) is 12.9 Å². The zero-order valence-corrected chi connectivity index (χ0v) is 23.7. The molecule has 0 bridgehead atoms. The highest BCUT2D eigenvalue weighted by molar-refractivity contribution is 7.70. The van der Waals surface area contributed by atoms with E-state index in [1.807, 2.05) is 12.1 Å². The van der Waals surface area contributed by atoms with Crippen molar-refractivity contribution in [2.75, 3.05) is 57.8 Å². The Morgan fingerprint density at radius 3 is 2.68 bits per heavy atom. The van der Waals surface area contributed by atoms with E-state index in [2.05, 4.69) is 34.4 Å². The van der Waals surface area contributed by atoms with E-state index in [4.69, 9.17) is 4.74 Å². The van der Waals surface area contributed by atoms with Gasteiger partial charge in [0.15, 0.2) is 0 Å². The molecule has 3 aromatic rings. The number of likely N-dealkylation sites (N-methyl/N-ethyl adjacent to an activating group) is 1. The predicted molar refractivity (Wildman–Crippen MR) is 153 cm³/mol. The summed E-state index contributed by atoms with van der Waals surface area (Å²) in [5.74, 6) is 6.51. The van der Waals surface area contributed by atoms with Crippen LogP contribution in [0.2, 0.25) is 0 Å². The maximum atomic E-state index is 13.5. The Morgan fingerprint density at radius 1 is 1.21 bits per heavy atom. The number of fused-ring (bicyclic) bond motifs is 1. The van der Waals surface area contributed by atoms with Crippen molar-refractivity contribution in [1.82, 2.24) is 4.90 Å². The average Bonchev–Trinajstić information content (AvgIpc) is 3.18. The Morgan fingerprint density at radius 2 is 2.00 bits per heavy atom. The highest BCUT2D eigenvalue weighted by Crippen LogP contribution is 2.40. The minimum absolute atomic E-state index is 0.213. The Balaban J connectivity index is 1.60. The molecule has 1 aliphatic rings. The fourth-order valence-corrected chi connectivity index (χ4v) is 6.72. The van der Waals surface area contributed by atoms with Crippen LogP contribution in [0, 0.1) is 11.8 Å². The number of benzene rings is 2. The summed E-state index contributed by atoms with van der Waals surface area (Å²) in [6.07, 6.45) is -3.26. The first-order valence-corrected chi connectivity index (χ1v) is 15.9. The summed E-state index contributed by atoms with van der Waals surface area (Å²) in [6.45, 7) is 5.55. The van der Waals surface area contributed by atoms with Crippen molar-refractivity contribution >= 4 is 45.2 Å². The molecule has 2 heterocycles. The van der Waals surface area contributed by atoms with Crippen molar-refractivity contribution < 1.29 is 22.5 Å². The first-order valence-electron chi connectivity index (χ1n) is 12.5. The van der Waals surface area contributed by atoms with Gasteiger partial charge in [-0.2, -0.15) is 13.2 Å². The molecule has 0 amide bonds. The van der Waals surface area contributed by atoms with Gasteiger partial charge in [0.25, 0.3) is 0 Å². The van der Waals surface area contributed by atoms with Crippen LogP contribution in [0.3, 0.4) is 0 Å². The van der Waals surface area contributed by atoms with Crippen molar-refractivity contribution in [1.29, 1.82) is 0 Å². The number of nitrogens with one attached hydrogen (secondary N) is 2. The smallest absolute Gasteiger partial charge is 0.393 e. The highest BCUT2D eigenvalue weighted by atomic mass is 32.1. The molecular formula is C28H33F3N3O2PS. The molecule has 2 aromatic carbocycles. The van der Waals surface area contributed by atoms with E-state index < -0.39 is 19.7 Å². The molecule has 4 rings (SSSR count). The molecule has 0 radical (unpaired) electrons. The van der Waals surface area contributed by atoms with Crippen LogP contribution in [-0.4, -0.2) is 64.2 Å². The Hall–Kier alpha value is -2.66. The van der Waals surface area contributed by atoms with Gasteiger partial charge in [-0.15, -0.1) is 11.3 Å². The van der Waals surface area contributed by atoms with Crippen molar-refractivity contribution in [3.05, 3.63) is 46.8 Å². The van der Waals surface area contributed by atoms with Gasteiger partial charge < -0.3 is 24.8 Å². The van der Waals surface area contributed by atoms with E-state index in [0.29, 0.717) is 27.0 Å². The van der Waals surface area contributed by atoms with Gasteiger partial charge in [0, 0.05) is 17.9 Å². The molecule has 10 heteroatoms. The molecule has 0 unspecified atom stereocenters. The van der Waals surface area contributed by atoms with E-state index in [9.17, 15) is 17.7 Å². The lowest BCUT2D eigenvalue weighted by Crippen LogP contribution is -2.39. The number of nitrogens with zero attached hydrogens (tertiary/aromatic N) is 1. The van der Waals surface area contributed by atoms with Crippen molar-refractivity contribution in [3.8, 4) is 17.6 Å². The normalized spacial score (nSPS) is 16.7. The number of methoxy groups -OCH3 is 1. The third-order valence-corrected chi connectivity index (χ3v) is 9.27. The highest BCUT2D eigenvalue weighted by Gasteiger charge is 2.31. The fraction of sp³-hybridized carbons (Fsp3) is 0.429. The van der Waals surface area contributed by atoms with Crippen molar-refractivity contribution in [2.24, 2.45) is 0 Å². The molecule has 204 valence electrons. The van der Waals surface area contributed by atoms with Crippen LogP contribution in [0.1, 0.15) is 23.3 Å². The van der Waals surface area contributed by atoms with Crippen molar-refractivity contribution in [2.45, 2.75) is 31.5 Å². The van der Waals surface area contributed by atoms with E-state index in [1.54, 1.807) is 37.6 Å². The van der Waals surface area contributed by atoms with Gasteiger partial charge in [-0.25, -0.2) is 0 Å². The molecule has 1 saturated heterocycles. The third-order valence-electron chi connectivity index (χ3n) is 6.56. The second kappa shape index (κ2) is 11.6. The fourth-order valence-electron chi connectivity index (χ4n) is 4.69. The van der Waals surface area contributed by atoms with Gasteiger partial charge in [0.05, 0.1) is 41.0 Å². The number of rotatable bonds is 7. The number of thiophene rings is 1. The third kappa shape index (κ3) is 7.05. The standard InChI is InChI=1S/C28H33F3N3O2PS/c1-34-15-7-8-19(18-34)33-24-10-5-9-21-22(17-28(29,30)31)26(38-27(21)24)11-6-14-32-23-13-12-20(37(3,4)35)16-25(23)36-2/h5,9-10,12-13,16,19,32-33H,7-8,14-15,17-18H2,1-4H3/t19-/m1/s1. The SMILES string of the molecule is COc1cc(P(C)(C)=O)ccc1NCC#Cc1sc2c(N[C@@H]3CCCN(C)C3)cccc2c1CC(F)(F)F. The molecule has 38 heavy (non-hydrogen) atoms. The number of anilines is 2. The maximum Gasteiger partial charge on any atom is 0.393 e. The van der Waals surface area contributed by atoms with Crippen LogP contribution in [0.5, 0.6) is 5.75 Å². The van der Waals surface area contributed by atoms with Crippen LogP contribution in [0.4, 0.5) is 24.5 Å². The van der Waals surface area contributed by atoms with Crippen LogP contribution in [0.15, 0.2) is 36.4 Å². The summed E-state index contributed by atoms with van der Waals surface area (Å²) in [5, 5.41) is 8.03. The van der Waals surface area contributed by atoms with Gasteiger partial charge in [-0.05, 0) is 75.0 Å². The minimum atomic E-state index is -4.34. The Labute approximate surface area is 226 Å². The molecule has 2 N–H and O–H groups in total. The molecule has 0 spiro atoms. The number of hydrogen-bond acceptors (Lipinski definition) is 6. The predicted octanol–water partition coefficient (Wildman–Crippen LogP) is 6.23. The molecule has 1 aliphatic heterocycles. The topological polar surface area (TPSA) is 53.6 Å². The maximum absolute atomic E-state index is 13.5. The summed E-state index contributed by atoms with van der Waals surface area (Å²) in [5.41, 5.74) is 1.75. The summed E-state index contributed by atoms with van der Waals surface area (Å²) >= 11 is 1.31. The van der Waals surface area contributed by atoms with Gasteiger partial charge in [-0.1, -0.05) is 24.0 Å². The first-order chi connectivity index (χ1) is 17.9. The second-order valence-electron chi connectivity index (χ2n) is 10.0. The average molecular weight is 564 g/mol. The molecule has 0 saturated carbocycles. The number of piperidine rings is 1. The molecule has 1 atom stereocenters. The number of likely N-dealkylation sites (tertiary alicyclic amines) is 1. The molecule has 5 nitrogen and oxygen atoms in total. The monoisotopic (exact) mass is 563 g/mol. The lowest BCUT2D eigenvalue weighted by Gasteiger charge is -2.31. The number of alkyl halides is 3. The minimum Gasteiger partial charge on any atom is -0.495 e. The lowest BCUT2D eigenvalue weighted by molar-refractivity contribution is -0.126.